The van der Waals surface area contributed by atoms with Crippen LogP contribution in [0.4, 0.5) is 14.4 Å². The van der Waals surface area contributed by atoms with Crippen molar-refractivity contribution in [3.8, 4) is 0 Å². The zero-order chi connectivity index (χ0) is 13.3. The summed E-state index contributed by atoms with van der Waals surface area (Å²) in [7, 11) is 0. The molecule has 11 nitrogen and oxygen atoms in total. The van der Waals surface area contributed by atoms with Crippen molar-refractivity contribution in [3.63, 3.8) is 0 Å². The molecular formula is C7H8N6O5. The molecule has 0 bridgehead atoms. The number of amides is 8. The zero-order valence-electron chi connectivity index (χ0n) is 8.70. The first-order chi connectivity index (χ1) is 8.45. The normalized spacial score (nSPS) is 26.0. The Morgan fingerprint density at radius 3 is 1.50 bits per heavy atom. The Bertz CT molecular complexity index is 421. The summed E-state index contributed by atoms with van der Waals surface area (Å²) in [5.74, 6) is -1.45. The third-order valence-electron chi connectivity index (χ3n) is 2.10. The monoisotopic (exact) mass is 256 g/mol. The highest BCUT2D eigenvalue weighted by Gasteiger charge is 2.34. The fraction of sp³-hybridized carbons (Fsp3) is 0.286. The molecule has 2 aliphatic rings. The van der Waals surface area contributed by atoms with Gasteiger partial charge in [0.05, 0.1) is 0 Å². The fourth-order valence-corrected chi connectivity index (χ4v) is 1.34. The van der Waals surface area contributed by atoms with Gasteiger partial charge in [0.1, 0.15) is 0 Å². The second kappa shape index (κ2) is 4.20. The Morgan fingerprint density at radius 1 is 0.833 bits per heavy atom. The van der Waals surface area contributed by atoms with Crippen molar-refractivity contribution >= 4 is 29.9 Å². The Balaban J connectivity index is 1.86. The minimum absolute atomic E-state index is 0.727. The predicted octanol–water partition coefficient (Wildman–Crippen LogP) is -3.38. The van der Waals surface area contributed by atoms with Crippen molar-refractivity contribution in [2.24, 2.45) is 0 Å². The number of hydrogen-bond donors (Lipinski definition) is 6. The van der Waals surface area contributed by atoms with Crippen molar-refractivity contribution in [2.45, 2.75) is 12.3 Å². The van der Waals surface area contributed by atoms with Gasteiger partial charge < -0.3 is 21.3 Å². The van der Waals surface area contributed by atoms with Gasteiger partial charge in [0, 0.05) is 0 Å². The number of carbonyl (C=O) groups excluding carboxylic acids is 5. The molecule has 2 rings (SSSR count). The smallest absolute Gasteiger partial charge is 0.310 e. The van der Waals surface area contributed by atoms with Crippen LogP contribution in [0, 0.1) is 0 Å². The first-order valence-electron chi connectivity index (χ1n) is 4.75. The van der Waals surface area contributed by atoms with E-state index >= 15 is 0 Å². The lowest BCUT2D eigenvalue weighted by molar-refractivity contribution is -0.120. The van der Waals surface area contributed by atoms with Crippen molar-refractivity contribution in [1.82, 2.24) is 31.9 Å². The molecule has 6 N–H and O–H groups in total. The predicted molar refractivity (Wildman–Crippen MR) is 52.6 cm³/mol. The van der Waals surface area contributed by atoms with Crippen molar-refractivity contribution < 1.29 is 24.0 Å². The first-order valence-corrected chi connectivity index (χ1v) is 4.75. The van der Waals surface area contributed by atoms with Crippen LogP contribution in [-0.2, 0) is 9.59 Å². The molecule has 0 aromatic heterocycles. The van der Waals surface area contributed by atoms with Gasteiger partial charge in [-0.15, -0.1) is 0 Å². The van der Waals surface area contributed by atoms with Gasteiger partial charge in [-0.25, -0.2) is 14.4 Å². The minimum Gasteiger partial charge on any atom is -0.310 e. The maximum Gasteiger partial charge on any atom is 0.323 e. The molecule has 0 radical (unpaired) electrons. The minimum atomic E-state index is -1.22. The highest BCUT2D eigenvalue weighted by atomic mass is 16.2. The van der Waals surface area contributed by atoms with Crippen LogP contribution in [0.15, 0.2) is 0 Å². The summed E-state index contributed by atoms with van der Waals surface area (Å²) in [4.78, 5) is 55.0. The van der Waals surface area contributed by atoms with E-state index in [2.05, 4.69) is 21.3 Å². The summed E-state index contributed by atoms with van der Waals surface area (Å²) >= 11 is 0. The average molecular weight is 256 g/mol. The second-order valence-electron chi connectivity index (χ2n) is 3.41. The van der Waals surface area contributed by atoms with Gasteiger partial charge in [0.25, 0.3) is 11.8 Å². The molecule has 8 amide bonds. The largest absolute Gasteiger partial charge is 0.323 e. The summed E-state index contributed by atoms with van der Waals surface area (Å²) < 4.78 is 0. The van der Waals surface area contributed by atoms with E-state index < -0.39 is 42.2 Å². The van der Waals surface area contributed by atoms with E-state index in [4.69, 9.17) is 0 Å². The summed E-state index contributed by atoms with van der Waals surface area (Å²) in [6.45, 7) is 0. The molecule has 0 saturated carbocycles. The lowest BCUT2D eigenvalue weighted by Gasteiger charge is -2.13. The van der Waals surface area contributed by atoms with Gasteiger partial charge in [-0.05, 0) is 0 Å². The number of imide groups is 2. The molecular weight excluding hydrogens is 248 g/mol. The molecule has 2 aliphatic heterocycles. The summed E-state index contributed by atoms with van der Waals surface area (Å²) in [5, 5.41) is 12.2. The van der Waals surface area contributed by atoms with Crippen molar-refractivity contribution in [2.75, 3.05) is 0 Å². The average Bonchev–Trinajstić information content (AvgIpc) is 2.71. The number of rotatable bonds is 2. The maximum absolute atomic E-state index is 11.4. The topological polar surface area (TPSA) is 158 Å². The van der Waals surface area contributed by atoms with E-state index in [1.807, 2.05) is 10.6 Å². The van der Waals surface area contributed by atoms with Crippen LogP contribution in [0.1, 0.15) is 0 Å². The quantitative estimate of drug-likeness (QED) is 0.284. The van der Waals surface area contributed by atoms with Crippen molar-refractivity contribution in [1.29, 1.82) is 0 Å². The maximum atomic E-state index is 11.4. The summed E-state index contributed by atoms with van der Waals surface area (Å²) in [6.07, 6.45) is -2.45. The molecule has 18 heavy (non-hydrogen) atoms. The molecule has 0 unspecified atom stereocenters. The Labute approximate surface area is 99.0 Å². The van der Waals surface area contributed by atoms with E-state index in [-0.39, 0.29) is 0 Å². The van der Waals surface area contributed by atoms with Crippen LogP contribution in [-0.4, -0.2) is 42.2 Å². The Morgan fingerprint density at radius 2 is 1.22 bits per heavy atom. The number of nitrogens with one attached hydrogen (secondary N) is 6. The molecule has 0 aromatic rings. The standard InChI is InChI=1S/C7H8N6O5/c14-3-1(10-6(17)12-3)8-5(16)9-2-4(15)13-7(18)11-2/h1-2H,(H2,8,9,16)(H2,10,12,14,17)(H2,11,13,15,18)/t1-,2-/m0/s1. The van der Waals surface area contributed by atoms with Crippen LogP contribution in [0.25, 0.3) is 0 Å². The zero-order valence-corrected chi connectivity index (χ0v) is 8.70. The fourth-order valence-electron chi connectivity index (χ4n) is 1.34. The van der Waals surface area contributed by atoms with E-state index in [1.54, 1.807) is 0 Å². The molecule has 0 spiro atoms. The molecule has 11 heteroatoms. The van der Waals surface area contributed by atoms with Crippen LogP contribution in [0.5, 0.6) is 0 Å². The molecule has 2 atom stereocenters. The third-order valence-corrected chi connectivity index (χ3v) is 2.10. The molecule has 2 fully saturated rings. The van der Waals surface area contributed by atoms with Gasteiger partial charge in [-0.2, -0.15) is 0 Å². The third kappa shape index (κ3) is 2.28. The number of carbonyl (C=O) groups is 5. The SMILES string of the molecule is O=C1NC(=O)[C@@H](NC(=O)N[C@H]2NC(=O)NC2=O)N1. The Kier molecular flexibility index (Phi) is 2.71. The van der Waals surface area contributed by atoms with Crippen LogP contribution >= 0.6 is 0 Å². The highest BCUT2D eigenvalue weighted by molar-refractivity contribution is 6.06. The van der Waals surface area contributed by atoms with E-state index in [1.165, 1.54) is 0 Å². The molecule has 96 valence electrons. The number of urea groups is 3. The van der Waals surface area contributed by atoms with Gasteiger partial charge in [0.15, 0.2) is 12.3 Å². The van der Waals surface area contributed by atoms with E-state index in [0.717, 1.165) is 0 Å². The molecule has 2 saturated heterocycles. The van der Waals surface area contributed by atoms with Crippen molar-refractivity contribution in [3.05, 3.63) is 0 Å². The summed E-state index contributed by atoms with van der Waals surface area (Å²) in [6, 6.07) is -2.38. The van der Waals surface area contributed by atoms with E-state index in [0.29, 0.717) is 0 Å². The first kappa shape index (κ1) is 11.6. The molecule has 0 aromatic carbocycles. The summed E-state index contributed by atoms with van der Waals surface area (Å²) in [5.41, 5.74) is 0. The van der Waals surface area contributed by atoms with Gasteiger partial charge in [0.2, 0.25) is 0 Å². The van der Waals surface area contributed by atoms with E-state index in [9.17, 15) is 24.0 Å². The second-order valence-corrected chi connectivity index (χ2v) is 3.41. The van der Waals surface area contributed by atoms with Gasteiger partial charge >= 0.3 is 18.1 Å². The van der Waals surface area contributed by atoms with Crippen LogP contribution < -0.4 is 31.9 Å². The lowest BCUT2D eigenvalue weighted by atomic mass is 10.4. The van der Waals surface area contributed by atoms with Crippen LogP contribution in [0.3, 0.4) is 0 Å². The van der Waals surface area contributed by atoms with Gasteiger partial charge in [-0.1, -0.05) is 0 Å². The molecule has 0 aliphatic carbocycles. The lowest BCUT2D eigenvalue weighted by Crippen LogP contribution is -2.55. The number of hydrogen-bond acceptors (Lipinski definition) is 5. The molecule has 2 heterocycles. The Hall–Kier alpha value is -2.85. The van der Waals surface area contributed by atoms with Gasteiger partial charge in [-0.3, -0.25) is 20.2 Å². The highest BCUT2D eigenvalue weighted by Crippen LogP contribution is 1.91. The van der Waals surface area contributed by atoms with Crippen LogP contribution in [0.2, 0.25) is 0 Å².